The second kappa shape index (κ2) is 6.23. The molecule has 0 aliphatic heterocycles. The Bertz CT molecular complexity index is 315. The van der Waals surface area contributed by atoms with Crippen molar-refractivity contribution in [3.63, 3.8) is 0 Å². The van der Waals surface area contributed by atoms with E-state index in [2.05, 4.69) is 13.2 Å². The van der Waals surface area contributed by atoms with Gasteiger partial charge in [0.1, 0.15) is 0 Å². The van der Waals surface area contributed by atoms with Crippen LogP contribution in [0.2, 0.25) is 0 Å². The summed E-state index contributed by atoms with van der Waals surface area (Å²) in [7, 11) is 0. The molecule has 0 heterocycles. The quantitative estimate of drug-likeness (QED) is 0.715. The van der Waals surface area contributed by atoms with E-state index < -0.39 is 5.97 Å². The highest BCUT2D eigenvalue weighted by molar-refractivity contribution is 5.81. The number of rotatable bonds is 6. The third-order valence-corrected chi connectivity index (χ3v) is 3.14. The first-order chi connectivity index (χ1) is 8.10. The van der Waals surface area contributed by atoms with Crippen LogP contribution in [0.15, 0.2) is 25.3 Å². The average Bonchev–Trinajstić information content (AvgIpc) is 2.77. The van der Waals surface area contributed by atoms with Crippen molar-refractivity contribution in [2.24, 2.45) is 11.8 Å². The minimum absolute atomic E-state index is 0.0218. The van der Waals surface area contributed by atoms with Crippen molar-refractivity contribution >= 4 is 11.9 Å². The second-order valence-electron chi connectivity index (χ2n) is 4.37. The van der Waals surface area contributed by atoms with Crippen LogP contribution in [0.3, 0.4) is 0 Å². The lowest BCUT2D eigenvalue weighted by molar-refractivity contribution is -0.141. The SMILES string of the molecule is C=CCN(CC=C)C(=O)[C@H]1CC[C@@H](C(=O)O)C1. The number of amides is 1. The summed E-state index contributed by atoms with van der Waals surface area (Å²) in [6, 6.07) is 0. The minimum atomic E-state index is -0.792. The molecular weight excluding hydrogens is 218 g/mol. The zero-order valence-corrected chi connectivity index (χ0v) is 9.97. The lowest BCUT2D eigenvalue weighted by atomic mass is 10.0. The summed E-state index contributed by atoms with van der Waals surface area (Å²) in [5.41, 5.74) is 0. The zero-order chi connectivity index (χ0) is 12.8. The fourth-order valence-electron chi connectivity index (χ4n) is 2.25. The van der Waals surface area contributed by atoms with Crippen molar-refractivity contribution < 1.29 is 14.7 Å². The van der Waals surface area contributed by atoms with Gasteiger partial charge in [-0.15, -0.1) is 13.2 Å². The number of carboxylic acid groups (broad SMARTS) is 1. The highest BCUT2D eigenvalue weighted by atomic mass is 16.4. The Morgan fingerprint density at radius 2 is 1.71 bits per heavy atom. The van der Waals surface area contributed by atoms with E-state index in [-0.39, 0.29) is 17.7 Å². The summed E-state index contributed by atoms with van der Waals surface area (Å²) in [5, 5.41) is 8.90. The third kappa shape index (κ3) is 3.44. The molecule has 0 saturated heterocycles. The molecule has 0 spiro atoms. The number of carbonyl (C=O) groups excluding carboxylic acids is 1. The van der Waals surface area contributed by atoms with Crippen molar-refractivity contribution in [2.45, 2.75) is 19.3 Å². The first-order valence-corrected chi connectivity index (χ1v) is 5.83. The summed E-state index contributed by atoms with van der Waals surface area (Å²) < 4.78 is 0. The van der Waals surface area contributed by atoms with Gasteiger partial charge in [0.2, 0.25) is 5.91 Å². The van der Waals surface area contributed by atoms with E-state index in [4.69, 9.17) is 5.11 Å². The van der Waals surface area contributed by atoms with Gasteiger partial charge in [0, 0.05) is 19.0 Å². The number of nitrogens with zero attached hydrogens (tertiary/aromatic N) is 1. The van der Waals surface area contributed by atoms with E-state index in [0.29, 0.717) is 32.4 Å². The molecule has 1 fully saturated rings. The Morgan fingerprint density at radius 3 is 2.12 bits per heavy atom. The van der Waals surface area contributed by atoms with Crippen LogP contribution in [0, 0.1) is 11.8 Å². The molecule has 2 atom stereocenters. The van der Waals surface area contributed by atoms with Crippen LogP contribution in [-0.2, 0) is 9.59 Å². The number of hydrogen-bond acceptors (Lipinski definition) is 2. The highest BCUT2D eigenvalue weighted by Gasteiger charge is 2.35. The van der Waals surface area contributed by atoms with Gasteiger partial charge in [-0.05, 0) is 19.3 Å². The van der Waals surface area contributed by atoms with Gasteiger partial charge >= 0.3 is 5.97 Å². The standard InChI is InChI=1S/C13H19NO3/c1-3-7-14(8-4-2)12(15)10-5-6-11(9-10)13(16)17/h3-4,10-11H,1-2,5-9H2,(H,16,17)/t10-,11+/m0/s1. The molecule has 0 aromatic rings. The van der Waals surface area contributed by atoms with Gasteiger partial charge in [-0.2, -0.15) is 0 Å². The Hall–Kier alpha value is -1.58. The monoisotopic (exact) mass is 237 g/mol. The summed E-state index contributed by atoms with van der Waals surface area (Å²) in [4.78, 5) is 24.6. The van der Waals surface area contributed by atoms with E-state index in [1.807, 2.05) is 0 Å². The largest absolute Gasteiger partial charge is 0.481 e. The summed E-state index contributed by atoms with van der Waals surface area (Å²) in [5.74, 6) is -1.29. The van der Waals surface area contributed by atoms with Gasteiger partial charge in [0.25, 0.3) is 0 Å². The fourth-order valence-corrected chi connectivity index (χ4v) is 2.25. The van der Waals surface area contributed by atoms with Crippen LogP contribution in [0.4, 0.5) is 0 Å². The van der Waals surface area contributed by atoms with Gasteiger partial charge in [0.05, 0.1) is 5.92 Å². The van der Waals surface area contributed by atoms with Gasteiger partial charge in [-0.25, -0.2) is 0 Å². The van der Waals surface area contributed by atoms with Crippen molar-refractivity contribution in [1.29, 1.82) is 0 Å². The Kier molecular flexibility index (Phi) is 4.94. The van der Waals surface area contributed by atoms with Crippen LogP contribution in [0.25, 0.3) is 0 Å². The van der Waals surface area contributed by atoms with Gasteiger partial charge in [-0.1, -0.05) is 12.2 Å². The van der Waals surface area contributed by atoms with Gasteiger partial charge < -0.3 is 10.0 Å². The molecular formula is C13H19NO3. The molecule has 0 unspecified atom stereocenters. The molecule has 1 saturated carbocycles. The molecule has 0 aromatic carbocycles. The first-order valence-electron chi connectivity index (χ1n) is 5.83. The average molecular weight is 237 g/mol. The molecule has 0 radical (unpaired) electrons. The lowest BCUT2D eigenvalue weighted by Crippen LogP contribution is -2.35. The van der Waals surface area contributed by atoms with Gasteiger partial charge in [0.15, 0.2) is 0 Å². The molecule has 17 heavy (non-hydrogen) atoms. The van der Waals surface area contributed by atoms with Crippen molar-refractivity contribution in [3.8, 4) is 0 Å². The van der Waals surface area contributed by atoms with Crippen molar-refractivity contribution in [3.05, 3.63) is 25.3 Å². The molecule has 4 heteroatoms. The molecule has 1 aliphatic carbocycles. The molecule has 0 aromatic heterocycles. The fraction of sp³-hybridized carbons (Fsp3) is 0.538. The molecule has 4 nitrogen and oxygen atoms in total. The maximum Gasteiger partial charge on any atom is 0.306 e. The Labute approximate surface area is 102 Å². The van der Waals surface area contributed by atoms with E-state index in [0.717, 1.165) is 0 Å². The van der Waals surface area contributed by atoms with Gasteiger partial charge in [-0.3, -0.25) is 9.59 Å². The second-order valence-corrected chi connectivity index (χ2v) is 4.37. The maximum atomic E-state index is 12.1. The van der Waals surface area contributed by atoms with Crippen LogP contribution >= 0.6 is 0 Å². The molecule has 1 N–H and O–H groups in total. The molecule has 1 aliphatic rings. The van der Waals surface area contributed by atoms with E-state index in [1.54, 1.807) is 17.1 Å². The van der Waals surface area contributed by atoms with Crippen molar-refractivity contribution in [1.82, 2.24) is 4.90 Å². The molecule has 0 bridgehead atoms. The topological polar surface area (TPSA) is 57.6 Å². The van der Waals surface area contributed by atoms with Crippen LogP contribution < -0.4 is 0 Å². The highest BCUT2D eigenvalue weighted by Crippen LogP contribution is 2.32. The van der Waals surface area contributed by atoms with Crippen LogP contribution in [0.5, 0.6) is 0 Å². The lowest BCUT2D eigenvalue weighted by Gasteiger charge is -2.22. The third-order valence-electron chi connectivity index (χ3n) is 3.14. The molecule has 1 amide bonds. The molecule has 94 valence electrons. The summed E-state index contributed by atoms with van der Waals surface area (Å²) >= 11 is 0. The predicted octanol–water partition coefficient (Wildman–Crippen LogP) is 1.69. The predicted molar refractivity (Wildman–Crippen MR) is 65.4 cm³/mol. The first kappa shape index (κ1) is 13.5. The van der Waals surface area contributed by atoms with Crippen LogP contribution in [0.1, 0.15) is 19.3 Å². The smallest absolute Gasteiger partial charge is 0.306 e. The normalized spacial score (nSPS) is 23.1. The number of hydrogen-bond donors (Lipinski definition) is 1. The number of carbonyl (C=O) groups is 2. The summed E-state index contributed by atoms with van der Waals surface area (Å²) in [6.07, 6.45) is 5.07. The van der Waals surface area contributed by atoms with E-state index in [9.17, 15) is 9.59 Å². The Balaban J connectivity index is 2.59. The molecule has 1 rings (SSSR count). The number of carboxylic acids is 1. The Morgan fingerprint density at radius 1 is 1.18 bits per heavy atom. The van der Waals surface area contributed by atoms with E-state index >= 15 is 0 Å². The zero-order valence-electron chi connectivity index (χ0n) is 9.97. The minimum Gasteiger partial charge on any atom is -0.481 e. The summed E-state index contributed by atoms with van der Waals surface area (Å²) in [6.45, 7) is 8.20. The van der Waals surface area contributed by atoms with Crippen LogP contribution in [-0.4, -0.2) is 35.0 Å². The number of aliphatic carboxylic acids is 1. The maximum absolute atomic E-state index is 12.1. The van der Waals surface area contributed by atoms with E-state index in [1.165, 1.54) is 0 Å². The van der Waals surface area contributed by atoms with Crippen molar-refractivity contribution in [2.75, 3.05) is 13.1 Å².